The van der Waals surface area contributed by atoms with E-state index in [2.05, 4.69) is 20.6 Å². The van der Waals surface area contributed by atoms with E-state index >= 15 is 0 Å². The van der Waals surface area contributed by atoms with Gasteiger partial charge in [0.25, 0.3) is 5.91 Å². The molecule has 0 spiro atoms. The summed E-state index contributed by atoms with van der Waals surface area (Å²) >= 11 is 1.56. The van der Waals surface area contributed by atoms with Gasteiger partial charge in [-0.15, -0.1) is 16.4 Å². The molecule has 1 aromatic carbocycles. The molecule has 0 saturated carbocycles. The number of carbonyl (C=O) groups is 2. The molecule has 0 aliphatic carbocycles. The first kappa shape index (κ1) is 21.2. The minimum atomic E-state index is -0.216. The largest absolute Gasteiger partial charge is 0.348 e. The van der Waals surface area contributed by atoms with Crippen molar-refractivity contribution in [2.45, 2.75) is 45.2 Å². The van der Waals surface area contributed by atoms with Crippen LogP contribution in [-0.2, 0) is 11.2 Å². The van der Waals surface area contributed by atoms with Crippen molar-refractivity contribution in [2.75, 3.05) is 13.1 Å². The molecule has 9 heteroatoms. The summed E-state index contributed by atoms with van der Waals surface area (Å²) in [6.45, 7) is 5.13. The van der Waals surface area contributed by atoms with E-state index in [0.29, 0.717) is 25.2 Å². The highest BCUT2D eigenvalue weighted by molar-refractivity contribution is 7.13. The van der Waals surface area contributed by atoms with E-state index in [0.717, 1.165) is 29.1 Å². The summed E-state index contributed by atoms with van der Waals surface area (Å²) in [5.74, 6) is -0.119. The molecule has 1 aliphatic heterocycles. The fourth-order valence-electron chi connectivity index (χ4n) is 3.64. The summed E-state index contributed by atoms with van der Waals surface area (Å²) in [5, 5.41) is 13.8. The zero-order valence-electron chi connectivity index (χ0n) is 17.7. The zero-order valence-corrected chi connectivity index (χ0v) is 18.5. The molecule has 1 fully saturated rings. The van der Waals surface area contributed by atoms with Crippen molar-refractivity contribution in [3.8, 4) is 10.6 Å². The quantitative estimate of drug-likeness (QED) is 0.639. The van der Waals surface area contributed by atoms with Crippen LogP contribution in [0.25, 0.3) is 10.6 Å². The van der Waals surface area contributed by atoms with Gasteiger partial charge in [0, 0.05) is 30.1 Å². The number of piperidine rings is 1. The van der Waals surface area contributed by atoms with Crippen molar-refractivity contribution in [1.29, 1.82) is 0 Å². The van der Waals surface area contributed by atoms with Crippen molar-refractivity contribution in [3.05, 3.63) is 53.3 Å². The van der Waals surface area contributed by atoms with E-state index in [1.807, 2.05) is 54.5 Å². The molecule has 4 rings (SSSR count). The number of nitrogens with one attached hydrogen (secondary N) is 1. The second-order valence-corrected chi connectivity index (χ2v) is 8.87. The van der Waals surface area contributed by atoms with Gasteiger partial charge in [0.2, 0.25) is 5.91 Å². The van der Waals surface area contributed by atoms with Crippen LogP contribution in [0.2, 0.25) is 0 Å². The van der Waals surface area contributed by atoms with Gasteiger partial charge in [-0.1, -0.05) is 35.5 Å². The van der Waals surface area contributed by atoms with Crippen molar-refractivity contribution in [3.63, 3.8) is 0 Å². The molecule has 162 valence electrons. The second kappa shape index (κ2) is 9.38. The Balaban J connectivity index is 1.30. The molecule has 1 aliphatic rings. The first-order valence-electron chi connectivity index (χ1n) is 10.5. The lowest BCUT2D eigenvalue weighted by Gasteiger charge is -2.31. The van der Waals surface area contributed by atoms with E-state index in [-0.39, 0.29) is 23.9 Å². The zero-order chi connectivity index (χ0) is 21.8. The van der Waals surface area contributed by atoms with Crippen molar-refractivity contribution in [2.24, 2.45) is 0 Å². The van der Waals surface area contributed by atoms with Gasteiger partial charge in [-0.05, 0) is 26.7 Å². The molecule has 31 heavy (non-hydrogen) atoms. The fraction of sp³-hybridized carbons (Fsp3) is 0.409. The predicted molar refractivity (Wildman–Crippen MR) is 119 cm³/mol. The monoisotopic (exact) mass is 438 g/mol. The first-order valence-corrected chi connectivity index (χ1v) is 11.4. The third kappa shape index (κ3) is 5.16. The number of rotatable bonds is 6. The Labute approximate surface area is 185 Å². The lowest BCUT2D eigenvalue weighted by molar-refractivity contribution is -0.131. The SMILES string of the molecule is CC(C)NC(=O)c1cn(C2CCN(C(=O)Cc3csc(-c4ccccc4)n3)CC2)nn1. The van der Waals surface area contributed by atoms with Gasteiger partial charge in [-0.2, -0.15) is 0 Å². The summed E-state index contributed by atoms with van der Waals surface area (Å²) in [5.41, 5.74) is 2.21. The average Bonchev–Trinajstić information content (AvgIpc) is 3.44. The van der Waals surface area contributed by atoms with Crippen LogP contribution in [0.3, 0.4) is 0 Å². The number of nitrogens with zero attached hydrogens (tertiary/aromatic N) is 5. The number of benzene rings is 1. The predicted octanol–water partition coefficient (Wildman–Crippen LogP) is 2.95. The Morgan fingerprint density at radius 2 is 1.94 bits per heavy atom. The lowest BCUT2D eigenvalue weighted by atomic mass is 10.0. The highest BCUT2D eigenvalue weighted by atomic mass is 32.1. The Kier molecular flexibility index (Phi) is 6.41. The van der Waals surface area contributed by atoms with Crippen LogP contribution in [0.1, 0.15) is 48.9 Å². The van der Waals surface area contributed by atoms with Crippen molar-refractivity contribution in [1.82, 2.24) is 30.2 Å². The number of amides is 2. The number of thiazole rings is 1. The molecule has 2 amide bonds. The van der Waals surface area contributed by atoms with Crippen LogP contribution in [0.4, 0.5) is 0 Å². The molecule has 8 nitrogen and oxygen atoms in total. The van der Waals surface area contributed by atoms with Crippen LogP contribution in [0, 0.1) is 0 Å². The Bertz CT molecular complexity index is 1040. The standard InChI is InChI=1S/C22H26N6O2S/c1-15(2)23-21(30)19-13-28(26-25-19)18-8-10-27(11-9-18)20(29)12-17-14-31-22(24-17)16-6-4-3-5-7-16/h3-7,13-15,18H,8-12H2,1-2H3,(H,23,30). The van der Waals surface area contributed by atoms with Gasteiger partial charge in [-0.25, -0.2) is 9.67 Å². The van der Waals surface area contributed by atoms with Gasteiger partial charge in [0.1, 0.15) is 5.01 Å². The highest BCUT2D eigenvalue weighted by Gasteiger charge is 2.26. The van der Waals surface area contributed by atoms with E-state index in [4.69, 9.17) is 0 Å². The molecule has 0 radical (unpaired) electrons. The van der Waals surface area contributed by atoms with Crippen LogP contribution < -0.4 is 5.32 Å². The fourth-order valence-corrected chi connectivity index (χ4v) is 4.47. The van der Waals surface area contributed by atoms with Crippen molar-refractivity contribution < 1.29 is 9.59 Å². The maximum Gasteiger partial charge on any atom is 0.273 e. The average molecular weight is 439 g/mol. The van der Waals surface area contributed by atoms with Gasteiger partial charge in [0.05, 0.1) is 24.4 Å². The summed E-state index contributed by atoms with van der Waals surface area (Å²) in [6.07, 6.45) is 3.58. The molecule has 3 aromatic rings. The molecule has 0 atom stereocenters. The summed E-state index contributed by atoms with van der Waals surface area (Å²) < 4.78 is 1.75. The Morgan fingerprint density at radius 1 is 1.19 bits per heavy atom. The second-order valence-electron chi connectivity index (χ2n) is 8.01. The Morgan fingerprint density at radius 3 is 2.65 bits per heavy atom. The van der Waals surface area contributed by atoms with Crippen LogP contribution in [0.15, 0.2) is 41.9 Å². The van der Waals surface area contributed by atoms with Gasteiger partial charge >= 0.3 is 0 Å². The summed E-state index contributed by atoms with van der Waals surface area (Å²) in [6, 6.07) is 10.2. The molecule has 0 unspecified atom stereocenters. The van der Waals surface area contributed by atoms with E-state index < -0.39 is 0 Å². The van der Waals surface area contributed by atoms with E-state index in [1.54, 1.807) is 22.2 Å². The lowest BCUT2D eigenvalue weighted by Crippen LogP contribution is -2.40. The first-order chi connectivity index (χ1) is 15.0. The molecule has 2 aromatic heterocycles. The molecular weight excluding hydrogens is 412 g/mol. The highest BCUT2D eigenvalue weighted by Crippen LogP contribution is 2.25. The minimum absolute atomic E-state index is 0.0494. The van der Waals surface area contributed by atoms with Crippen LogP contribution in [0.5, 0.6) is 0 Å². The maximum atomic E-state index is 12.8. The molecule has 1 N–H and O–H groups in total. The Hall–Kier alpha value is -3.07. The number of carbonyl (C=O) groups excluding carboxylic acids is 2. The van der Waals surface area contributed by atoms with Crippen LogP contribution in [-0.4, -0.2) is 55.8 Å². The maximum absolute atomic E-state index is 12.8. The summed E-state index contributed by atoms with van der Waals surface area (Å²) in [4.78, 5) is 31.3. The van der Waals surface area contributed by atoms with Gasteiger partial charge in [0.15, 0.2) is 5.69 Å². The van der Waals surface area contributed by atoms with Crippen molar-refractivity contribution >= 4 is 23.2 Å². The summed E-state index contributed by atoms with van der Waals surface area (Å²) in [7, 11) is 0. The molecular formula is C22H26N6O2S. The number of hydrogen-bond acceptors (Lipinski definition) is 6. The number of hydrogen-bond donors (Lipinski definition) is 1. The molecule has 1 saturated heterocycles. The van der Waals surface area contributed by atoms with Gasteiger partial charge in [-0.3, -0.25) is 9.59 Å². The molecule has 3 heterocycles. The number of likely N-dealkylation sites (tertiary alicyclic amines) is 1. The topological polar surface area (TPSA) is 93.0 Å². The van der Waals surface area contributed by atoms with E-state index in [1.165, 1.54) is 0 Å². The third-order valence-corrected chi connectivity index (χ3v) is 6.20. The third-order valence-electron chi connectivity index (χ3n) is 5.26. The van der Waals surface area contributed by atoms with Gasteiger partial charge < -0.3 is 10.2 Å². The van der Waals surface area contributed by atoms with Crippen LogP contribution >= 0.6 is 11.3 Å². The van der Waals surface area contributed by atoms with E-state index in [9.17, 15) is 9.59 Å². The smallest absolute Gasteiger partial charge is 0.273 e. The molecule has 0 bridgehead atoms. The number of aromatic nitrogens is 4. The minimum Gasteiger partial charge on any atom is -0.348 e. The normalized spacial score (nSPS) is 14.7.